The number of hydrogen-bond acceptors (Lipinski definition) is 4. The van der Waals surface area contributed by atoms with Gasteiger partial charge >= 0.3 is 5.97 Å². The molecule has 1 heterocycles. The molecule has 0 unspecified atom stereocenters. The Morgan fingerprint density at radius 2 is 1.65 bits per heavy atom. The van der Waals surface area contributed by atoms with Crippen LogP contribution in [0.3, 0.4) is 0 Å². The van der Waals surface area contributed by atoms with Crippen LogP contribution in [0.25, 0.3) is 6.08 Å². The van der Waals surface area contributed by atoms with Crippen LogP contribution >= 0.6 is 0 Å². The Balaban J connectivity index is 1.92. The second kappa shape index (κ2) is 6.29. The molecule has 2 N–H and O–H groups in total. The molecular weight excluding hydrogens is 258 g/mol. The zero-order chi connectivity index (χ0) is 14.4. The molecule has 0 aliphatic heterocycles. The largest absolute Gasteiger partial charge is 0.492 e. The number of aromatic nitrogens is 1. The average Bonchev–Trinajstić information content (AvgIpc) is 2.77. The number of hydrogen-bond donors (Lipinski definition) is 2. The van der Waals surface area contributed by atoms with Gasteiger partial charge in [0.1, 0.15) is 0 Å². The monoisotopic (exact) mass is 271 g/mol. The van der Waals surface area contributed by atoms with Gasteiger partial charge in [0.25, 0.3) is 0 Å². The highest BCUT2D eigenvalue weighted by Gasteiger charge is 2.09. The van der Waals surface area contributed by atoms with E-state index < -0.39 is 5.97 Å². The Bertz CT molecular complexity index is 622. The van der Waals surface area contributed by atoms with Crippen molar-refractivity contribution in [2.45, 2.75) is 0 Å². The van der Waals surface area contributed by atoms with Crippen molar-refractivity contribution in [2.75, 3.05) is 0 Å². The third kappa shape index (κ3) is 3.52. The van der Waals surface area contributed by atoms with E-state index in [1.54, 1.807) is 6.08 Å². The zero-order valence-corrected chi connectivity index (χ0v) is 10.5. The molecular formula is C15H13NO4. The molecule has 0 atom stereocenters. The van der Waals surface area contributed by atoms with Gasteiger partial charge < -0.3 is 15.1 Å². The Morgan fingerprint density at radius 1 is 1.00 bits per heavy atom. The SMILES string of the molecule is O=C(C=CC=Cc1ccccc1)On1c(O)ccc1O. The number of rotatable bonds is 4. The van der Waals surface area contributed by atoms with E-state index in [4.69, 9.17) is 4.84 Å². The maximum absolute atomic E-state index is 11.4. The molecule has 0 aliphatic carbocycles. The van der Waals surface area contributed by atoms with E-state index in [0.29, 0.717) is 4.73 Å². The summed E-state index contributed by atoms with van der Waals surface area (Å²) >= 11 is 0. The van der Waals surface area contributed by atoms with Gasteiger partial charge in [-0.2, -0.15) is 0 Å². The van der Waals surface area contributed by atoms with Crippen molar-refractivity contribution in [1.29, 1.82) is 0 Å². The van der Waals surface area contributed by atoms with Crippen molar-refractivity contribution in [3.63, 3.8) is 0 Å². The maximum atomic E-state index is 11.4. The molecule has 20 heavy (non-hydrogen) atoms. The van der Waals surface area contributed by atoms with E-state index in [2.05, 4.69) is 0 Å². The second-order valence-electron chi connectivity index (χ2n) is 3.88. The first-order valence-electron chi connectivity index (χ1n) is 5.88. The summed E-state index contributed by atoms with van der Waals surface area (Å²) in [6, 6.07) is 12.0. The third-order valence-corrected chi connectivity index (χ3v) is 2.41. The first-order valence-corrected chi connectivity index (χ1v) is 5.88. The fraction of sp³-hybridized carbons (Fsp3) is 0. The molecule has 1 aromatic carbocycles. The number of nitrogens with zero attached hydrogens (tertiary/aromatic N) is 1. The quantitative estimate of drug-likeness (QED) is 0.660. The van der Waals surface area contributed by atoms with Crippen LogP contribution in [0.4, 0.5) is 0 Å². The Labute approximate surface area is 115 Å². The van der Waals surface area contributed by atoms with Gasteiger partial charge in [-0.15, -0.1) is 4.73 Å². The van der Waals surface area contributed by atoms with E-state index in [-0.39, 0.29) is 11.8 Å². The molecule has 0 bridgehead atoms. The lowest BCUT2D eigenvalue weighted by Crippen LogP contribution is -2.16. The van der Waals surface area contributed by atoms with Crippen LogP contribution in [0.15, 0.2) is 60.7 Å². The number of allylic oxidation sites excluding steroid dienone is 2. The summed E-state index contributed by atoms with van der Waals surface area (Å²) in [5.41, 5.74) is 1.01. The number of aromatic hydroxyl groups is 2. The average molecular weight is 271 g/mol. The lowest BCUT2D eigenvalue weighted by Gasteiger charge is -2.03. The molecule has 1 aromatic heterocycles. The summed E-state index contributed by atoms with van der Waals surface area (Å²) in [5.74, 6) is -1.43. The Kier molecular flexibility index (Phi) is 4.24. The molecule has 0 saturated heterocycles. The molecule has 5 nitrogen and oxygen atoms in total. The highest BCUT2D eigenvalue weighted by atomic mass is 16.7. The fourth-order valence-corrected chi connectivity index (χ4v) is 1.48. The molecule has 0 saturated carbocycles. The molecule has 0 fully saturated rings. The Hall–Kier alpha value is -2.95. The Morgan fingerprint density at radius 3 is 2.30 bits per heavy atom. The number of carbonyl (C=O) groups is 1. The molecule has 0 spiro atoms. The number of carbonyl (C=O) groups excluding carboxylic acids is 1. The van der Waals surface area contributed by atoms with Gasteiger partial charge in [-0.1, -0.05) is 48.6 Å². The van der Waals surface area contributed by atoms with Crippen LogP contribution in [0.5, 0.6) is 11.8 Å². The summed E-state index contributed by atoms with van der Waals surface area (Å²) in [6.07, 6.45) is 6.20. The fourth-order valence-electron chi connectivity index (χ4n) is 1.48. The van der Waals surface area contributed by atoms with Crippen molar-refractivity contribution in [1.82, 2.24) is 4.73 Å². The lowest BCUT2D eigenvalue weighted by molar-refractivity contribution is -0.139. The van der Waals surface area contributed by atoms with Crippen molar-refractivity contribution in [3.05, 3.63) is 66.3 Å². The molecule has 2 rings (SSSR count). The molecule has 0 amide bonds. The summed E-state index contributed by atoms with van der Waals surface area (Å²) in [7, 11) is 0. The lowest BCUT2D eigenvalue weighted by atomic mass is 10.2. The minimum Gasteiger partial charge on any atom is -0.492 e. The summed E-state index contributed by atoms with van der Waals surface area (Å²) in [4.78, 5) is 16.2. The van der Waals surface area contributed by atoms with Crippen molar-refractivity contribution in [2.24, 2.45) is 0 Å². The van der Waals surface area contributed by atoms with Gasteiger partial charge in [0.05, 0.1) is 0 Å². The van der Waals surface area contributed by atoms with Gasteiger partial charge in [0.15, 0.2) is 0 Å². The predicted molar refractivity (Wildman–Crippen MR) is 74.0 cm³/mol. The van der Waals surface area contributed by atoms with Crippen molar-refractivity contribution in [3.8, 4) is 11.8 Å². The van der Waals surface area contributed by atoms with E-state index in [1.165, 1.54) is 24.3 Å². The van der Waals surface area contributed by atoms with Crippen molar-refractivity contribution < 1.29 is 19.8 Å². The minimum absolute atomic E-state index is 0.357. The first kappa shape index (κ1) is 13.5. The van der Waals surface area contributed by atoms with Gasteiger partial charge in [-0.05, 0) is 5.56 Å². The standard InChI is InChI=1S/C15H13NO4/c17-13-10-11-14(18)16(13)20-15(19)9-5-4-8-12-6-2-1-3-7-12/h1-11,17-18H. The first-order chi connectivity index (χ1) is 9.66. The minimum atomic E-state index is -0.718. The van der Waals surface area contributed by atoms with Crippen LogP contribution < -0.4 is 4.84 Å². The summed E-state index contributed by atoms with van der Waals surface area (Å²) < 4.78 is 0.633. The van der Waals surface area contributed by atoms with Crippen molar-refractivity contribution >= 4 is 12.0 Å². The highest BCUT2D eigenvalue weighted by molar-refractivity contribution is 5.82. The van der Waals surface area contributed by atoms with Gasteiger partial charge in [0, 0.05) is 18.2 Å². The third-order valence-electron chi connectivity index (χ3n) is 2.41. The van der Waals surface area contributed by atoms with Gasteiger partial charge in [0.2, 0.25) is 11.8 Å². The maximum Gasteiger partial charge on any atom is 0.356 e. The van der Waals surface area contributed by atoms with Crippen LogP contribution in [-0.4, -0.2) is 20.9 Å². The molecule has 2 aromatic rings. The van der Waals surface area contributed by atoms with E-state index in [0.717, 1.165) is 5.56 Å². The van der Waals surface area contributed by atoms with Gasteiger partial charge in [-0.25, -0.2) is 4.79 Å². The molecule has 5 heteroatoms. The van der Waals surface area contributed by atoms with E-state index in [1.807, 2.05) is 36.4 Å². The second-order valence-corrected chi connectivity index (χ2v) is 3.88. The zero-order valence-electron chi connectivity index (χ0n) is 10.5. The molecule has 0 aliphatic rings. The smallest absolute Gasteiger partial charge is 0.356 e. The van der Waals surface area contributed by atoms with E-state index >= 15 is 0 Å². The summed E-state index contributed by atoms with van der Waals surface area (Å²) in [5, 5.41) is 18.6. The van der Waals surface area contributed by atoms with Gasteiger partial charge in [-0.3, -0.25) is 0 Å². The highest BCUT2D eigenvalue weighted by Crippen LogP contribution is 2.18. The summed E-state index contributed by atoms with van der Waals surface area (Å²) in [6.45, 7) is 0. The predicted octanol–water partition coefficient (Wildman–Crippen LogP) is 2.12. The van der Waals surface area contributed by atoms with Crippen LogP contribution in [0, 0.1) is 0 Å². The van der Waals surface area contributed by atoms with Crippen LogP contribution in [0.2, 0.25) is 0 Å². The normalized spacial score (nSPS) is 11.2. The molecule has 102 valence electrons. The van der Waals surface area contributed by atoms with E-state index in [9.17, 15) is 15.0 Å². The number of benzene rings is 1. The topological polar surface area (TPSA) is 71.7 Å². The van der Waals surface area contributed by atoms with Crippen LogP contribution in [-0.2, 0) is 4.79 Å². The van der Waals surface area contributed by atoms with Crippen LogP contribution in [0.1, 0.15) is 5.56 Å². The molecule has 0 radical (unpaired) electrons.